The van der Waals surface area contributed by atoms with Crippen LogP contribution in [-0.4, -0.2) is 37.5 Å². The minimum atomic E-state index is -0.535. The second-order valence-electron chi connectivity index (χ2n) is 7.97. The Morgan fingerprint density at radius 1 is 1.00 bits per heavy atom. The molecule has 2 aromatic carbocycles. The summed E-state index contributed by atoms with van der Waals surface area (Å²) in [6.45, 7) is 2.37. The molecular weight excluding hydrogens is 366 g/mol. The predicted molar refractivity (Wildman–Crippen MR) is 112 cm³/mol. The molecule has 0 saturated heterocycles. The summed E-state index contributed by atoms with van der Waals surface area (Å²) in [7, 11) is 4.23. The van der Waals surface area contributed by atoms with Crippen molar-refractivity contribution in [3.8, 4) is 11.5 Å². The van der Waals surface area contributed by atoms with E-state index >= 15 is 0 Å². The zero-order chi connectivity index (χ0) is 20.8. The van der Waals surface area contributed by atoms with Gasteiger partial charge in [-0.2, -0.15) is 0 Å². The quantitative estimate of drug-likeness (QED) is 0.526. The molecule has 0 aromatic heterocycles. The first-order valence-electron chi connectivity index (χ1n) is 10.2. The van der Waals surface area contributed by atoms with E-state index in [9.17, 15) is 9.59 Å². The molecule has 0 radical (unpaired) electrons. The molecule has 0 aliphatic heterocycles. The Balaban J connectivity index is 1.78. The molecule has 1 aliphatic carbocycles. The Morgan fingerprint density at radius 2 is 1.76 bits per heavy atom. The molecule has 2 atom stereocenters. The number of hydrogen-bond donors (Lipinski definition) is 0. The van der Waals surface area contributed by atoms with E-state index in [0.29, 0.717) is 17.6 Å². The molecule has 0 N–H and O–H groups in total. The van der Waals surface area contributed by atoms with Crippen molar-refractivity contribution in [3.63, 3.8) is 0 Å². The van der Waals surface area contributed by atoms with E-state index in [0.717, 1.165) is 13.0 Å². The van der Waals surface area contributed by atoms with Crippen LogP contribution in [0.25, 0.3) is 0 Å². The topological polar surface area (TPSA) is 55.8 Å². The number of hydrogen-bond acceptors (Lipinski definition) is 5. The minimum Gasteiger partial charge on any atom is -0.426 e. The first-order chi connectivity index (χ1) is 13.9. The standard InChI is InChI=1S/C24H29NO4/c1-17(26)28-23-14-7-6-13-22(23)24(27)29-20-11-8-10-18(15-20)21-12-5-4-9-19(21)16-25(2)3/h6-8,10-11,13-15,19,21H,4-5,9,12,16H2,1-3H3/t19-,21+/m1/s1. The summed E-state index contributed by atoms with van der Waals surface area (Å²) >= 11 is 0. The average molecular weight is 395 g/mol. The molecule has 5 heteroatoms. The smallest absolute Gasteiger partial charge is 0.347 e. The fourth-order valence-corrected chi connectivity index (χ4v) is 4.18. The van der Waals surface area contributed by atoms with E-state index < -0.39 is 11.9 Å². The second-order valence-corrected chi connectivity index (χ2v) is 7.97. The Bertz CT molecular complexity index is 861. The van der Waals surface area contributed by atoms with Crippen LogP contribution in [0.1, 0.15) is 54.4 Å². The van der Waals surface area contributed by atoms with Gasteiger partial charge in [0.15, 0.2) is 0 Å². The lowest BCUT2D eigenvalue weighted by atomic mass is 9.75. The van der Waals surface area contributed by atoms with Crippen molar-refractivity contribution in [2.24, 2.45) is 5.92 Å². The maximum atomic E-state index is 12.7. The van der Waals surface area contributed by atoms with Crippen LogP contribution in [0.5, 0.6) is 11.5 Å². The third-order valence-electron chi connectivity index (χ3n) is 5.37. The molecule has 5 nitrogen and oxygen atoms in total. The molecule has 0 amide bonds. The van der Waals surface area contributed by atoms with Crippen molar-refractivity contribution in [1.82, 2.24) is 4.90 Å². The van der Waals surface area contributed by atoms with Gasteiger partial charge in [-0.25, -0.2) is 4.79 Å². The number of rotatable bonds is 6. The Morgan fingerprint density at radius 3 is 2.52 bits per heavy atom. The van der Waals surface area contributed by atoms with Gasteiger partial charge in [0.05, 0.1) is 0 Å². The first kappa shape index (κ1) is 21.1. The van der Waals surface area contributed by atoms with Crippen molar-refractivity contribution in [1.29, 1.82) is 0 Å². The summed E-state index contributed by atoms with van der Waals surface area (Å²) < 4.78 is 10.8. The molecule has 154 valence electrons. The third kappa shape index (κ3) is 5.67. The van der Waals surface area contributed by atoms with Gasteiger partial charge in [-0.05, 0) is 68.6 Å². The van der Waals surface area contributed by atoms with Crippen molar-refractivity contribution < 1.29 is 19.1 Å². The van der Waals surface area contributed by atoms with Crippen molar-refractivity contribution in [3.05, 3.63) is 59.7 Å². The molecule has 0 unspecified atom stereocenters. The van der Waals surface area contributed by atoms with E-state index in [4.69, 9.17) is 9.47 Å². The van der Waals surface area contributed by atoms with E-state index in [2.05, 4.69) is 25.1 Å². The Hall–Kier alpha value is -2.66. The summed E-state index contributed by atoms with van der Waals surface area (Å²) in [6.07, 6.45) is 4.89. The van der Waals surface area contributed by atoms with Crippen LogP contribution in [-0.2, 0) is 4.79 Å². The molecule has 2 aromatic rings. The van der Waals surface area contributed by atoms with Gasteiger partial charge in [-0.15, -0.1) is 0 Å². The lowest BCUT2D eigenvalue weighted by molar-refractivity contribution is -0.131. The number of benzene rings is 2. The van der Waals surface area contributed by atoms with Gasteiger partial charge in [0.1, 0.15) is 17.1 Å². The molecule has 0 bridgehead atoms. The SMILES string of the molecule is CC(=O)Oc1ccccc1C(=O)Oc1cccc([C@@H]2CCCC[C@@H]2CN(C)C)c1. The Labute approximate surface area is 172 Å². The number of carbonyl (C=O) groups excluding carboxylic acids is 2. The van der Waals surface area contributed by atoms with Gasteiger partial charge >= 0.3 is 11.9 Å². The van der Waals surface area contributed by atoms with Gasteiger partial charge < -0.3 is 14.4 Å². The van der Waals surface area contributed by atoms with Crippen molar-refractivity contribution >= 4 is 11.9 Å². The van der Waals surface area contributed by atoms with E-state index in [1.54, 1.807) is 30.3 Å². The van der Waals surface area contributed by atoms with E-state index in [1.807, 2.05) is 12.1 Å². The van der Waals surface area contributed by atoms with Crippen LogP contribution >= 0.6 is 0 Å². The molecule has 1 aliphatic rings. The highest BCUT2D eigenvalue weighted by atomic mass is 16.5. The zero-order valence-electron chi connectivity index (χ0n) is 17.4. The number of para-hydroxylation sites is 1. The zero-order valence-corrected chi connectivity index (χ0v) is 17.4. The van der Waals surface area contributed by atoms with Crippen LogP contribution < -0.4 is 9.47 Å². The first-order valence-corrected chi connectivity index (χ1v) is 10.2. The van der Waals surface area contributed by atoms with Crippen LogP contribution in [0.4, 0.5) is 0 Å². The summed E-state index contributed by atoms with van der Waals surface area (Å²) in [6, 6.07) is 14.4. The van der Waals surface area contributed by atoms with Crippen LogP contribution in [0.3, 0.4) is 0 Å². The predicted octanol–water partition coefficient (Wildman–Crippen LogP) is 4.67. The normalized spacial score (nSPS) is 19.0. The van der Waals surface area contributed by atoms with Gasteiger partial charge in [0.2, 0.25) is 0 Å². The van der Waals surface area contributed by atoms with E-state index in [1.165, 1.54) is 31.7 Å². The maximum Gasteiger partial charge on any atom is 0.347 e. The van der Waals surface area contributed by atoms with E-state index in [-0.39, 0.29) is 11.3 Å². The van der Waals surface area contributed by atoms with Crippen LogP contribution in [0, 0.1) is 5.92 Å². The summed E-state index contributed by atoms with van der Waals surface area (Å²) in [5, 5.41) is 0. The number of carbonyl (C=O) groups is 2. The fraction of sp³-hybridized carbons (Fsp3) is 0.417. The van der Waals surface area contributed by atoms with Gasteiger partial charge in [-0.1, -0.05) is 37.1 Å². The third-order valence-corrected chi connectivity index (χ3v) is 5.37. The van der Waals surface area contributed by atoms with Gasteiger partial charge in [0, 0.05) is 13.5 Å². The number of nitrogens with zero attached hydrogens (tertiary/aromatic N) is 1. The lowest BCUT2D eigenvalue weighted by Crippen LogP contribution is -2.28. The highest BCUT2D eigenvalue weighted by molar-refractivity contribution is 5.94. The monoisotopic (exact) mass is 395 g/mol. The van der Waals surface area contributed by atoms with Crippen LogP contribution in [0.15, 0.2) is 48.5 Å². The highest BCUT2D eigenvalue weighted by Gasteiger charge is 2.27. The maximum absolute atomic E-state index is 12.7. The minimum absolute atomic E-state index is 0.208. The summed E-state index contributed by atoms with van der Waals surface area (Å²) in [5.41, 5.74) is 1.45. The molecular formula is C24H29NO4. The number of ether oxygens (including phenoxy) is 2. The largest absolute Gasteiger partial charge is 0.426 e. The molecule has 1 saturated carbocycles. The van der Waals surface area contributed by atoms with Gasteiger partial charge in [0.25, 0.3) is 0 Å². The summed E-state index contributed by atoms with van der Waals surface area (Å²) in [5.74, 6) is 0.787. The average Bonchev–Trinajstić information content (AvgIpc) is 2.68. The molecule has 1 fully saturated rings. The summed E-state index contributed by atoms with van der Waals surface area (Å²) in [4.78, 5) is 26.2. The van der Waals surface area contributed by atoms with Crippen molar-refractivity contribution in [2.45, 2.75) is 38.5 Å². The fourth-order valence-electron chi connectivity index (χ4n) is 4.18. The molecule has 0 heterocycles. The number of esters is 2. The van der Waals surface area contributed by atoms with Crippen LogP contribution in [0.2, 0.25) is 0 Å². The Kier molecular flexibility index (Phi) is 7.04. The second kappa shape index (κ2) is 9.70. The lowest BCUT2D eigenvalue weighted by Gasteiger charge is -2.34. The van der Waals surface area contributed by atoms with Crippen molar-refractivity contribution in [2.75, 3.05) is 20.6 Å². The highest BCUT2D eigenvalue weighted by Crippen LogP contribution is 2.39. The van der Waals surface area contributed by atoms with Gasteiger partial charge in [-0.3, -0.25) is 4.79 Å². The molecule has 0 spiro atoms. The molecule has 29 heavy (non-hydrogen) atoms. The molecule has 3 rings (SSSR count).